The molecule has 1 aliphatic carbocycles. The second kappa shape index (κ2) is 12.3. The highest BCUT2D eigenvalue weighted by Crippen LogP contribution is 2.28. The second-order valence-electron chi connectivity index (χ2n) is 10.4. The van der Waals surface area contributed by atoms with Crippen molar-refractivity contribution in [3.8, 4) is 5.69 Å². The minimum Gasteiger partial charge on any atom is -0.461 e. The molecule has 0 amide bonds. The summed E-state index contributed by atoms with van der Waals surface area (Å²) in [6.45, 7) is 0.451. The van der Waals surface area contributed by atoms with Crippen molar-refractivity contribution in [1.29, 1.82) is 0 Å². The fourth-order valence-electron chi connectivity index (χ4n) is 5.34. The summed E-state index contributed by atoms with van der Waals surface area (Å²) in [5.41, 5.74) is 8.60. The normalized spacial score (nSPS) is 14.2. The van der Waals surface area contributed by atoms with Crippen molar-refractivity contribution < 1.29 is 18.7 Å². The Morgan fingerprint density at radius 3 is 2.27 bits per heavy atom. The number of nitrogens with zero attached hydrogens (tertiary/aromatic N) is 2. The molecule has 0 saturated heterocycles. The number of nitrogen functional groups attached to an aromatic ring is 1. The average molecular weight is 554 g/mol. The smallest absolute Gasteiger partial charge is 0.328 e. The molecule has 4 aromatic rings. The van der Waals surface area contributed by atoms with Gasteiger partial charge in [-0.25, -0.2) is 9.18 Å². The Morgan fingerprint density at radius 1 is 0.951 bits per heavy atom. The monoisotopic (exact) mass is 553 g/mol. The summed E-state index contributed by atoms with van der Waals surface area (Å²) < 4.78 is 20.5. The third-order valence-corrected chi connectivity index (χ3v) is 7.47. The maximum Gasteiger partial charge on any atom is 0.328 e. The van der Waals surface area contributed by atoms with Gasteiger partial charge in [0, 0.05) is 18.2 Å². The van der Waals surface area contributed by atoms with Gasteiger partial charge in [-0.1, -0.05) is 42.5 Å². The van der Waals surface area contributed by atoms with Gasteiger partial charge in [0.25, 0.3) is 5.56 Å². The molecule has 3 aromatic carbocycles. The number of likely N-dealkylation sites (N-methyl/N-ethyl adjacent to an activating group) is 1. The summed E-state index contributed by atoms with van der Waals surface area (Å²) in [4.78, 5) is 41.1. The van der Waals surface area contributed by atoms with E-state index in [1.165, 1.54) is 41.0 Å². The zero-order valence-electron chi connectivity index (χ0n) is 22.8. The van der Waals surface area contributed by atoms with Gasteiger partial charge in [0.15, 0.2) is 5.78 Å². The predicted octanol–water partition coefficient (Wildman–Crippen LogP) is 5.45. The van der Waals surface area contributed by atoms with E-state index < -0.39 is 17.6 Å². The van der Waals surface area contributed by atoms with Crippen LogP contribution in [0.1, 0.15) is 58.8 Å². The number of halogens is 1. The minimum atomic E-state index is -0.566. The summed E-state index contributed by atoms with van der Waals surface area (Å²) in [5.74, 6) is -1.13. The number of carbonyl (C=O) groups is 2. The van der Waals surface area contributed by atoms with Crippen LogP contribution in [-0.2, 0) is 16.1 Å². The molecular formula is C33H32FN3O4. The van der Waals surface area contributed by atoms with Crippen molar-refractivity contribution in [2.75, 3.05) is 12.8 Å². The molecule has 1 heterocycles. The maximum atomic E-state index is 13.3. The Kier molecular flexibility index (Phi) is 8.40. The predicted molar refractivity (Wildman–Crippen MR) is 155 cm³/mol. The number of hydrogen-bond acceptors (Lipinski definition) is 6. The number of nitrogens with two attached hydrogens (primary N) is 1. The highest BCUT2D eigenvalue weighted by molar-refractivity contribution is 6.11. The molecule has 1 saturated carbocycles. The van der Waals surface area contributed by atoms with Gasteiger partial charge in [-0.05, 0) is 86.3 Å². The van der Waals surface area contributed by atoms with Gasteiger partial charge in [0.1, 0.15) is 23.8 Å². The number of aromatic nitrogens is 1. The van der Waals surface area contributed by atoms with Crippen LogP contribution in [0.4, 0.5) is 10.2 Å². The number of ether oxygens (including phenoxy) is 1. The third kappa shape index (κ3) is 6.28. The van der Waals surface area contributed by atoms with Crippen LogP contribution in [0.5, 0.6) is 0 Å². The molecule has 8 heteroatoms. The lowest BCUT2D eigenvalue weighted by Gasteiger charge is -2.28. The largest absolute Gasteiger partial charge is 0.461 e. The van der Waals surface area contributed by atoms with Crippen LogP contribution in [0.25, 0.3) is 5.69 Å². The van der Waals surface area contributed by atoms with Gasteiger partial charge in [-0.2, -0.15) is 0 Å². The summed E-state index contributed by atoms with van der Waals surface area (Å²) in [7, 11) is 1.88. The molecule has 210 valence electrons. The first-order valence-corrected chi connectivity index (χ1v) is 13.7. The van der Waals surface area contributed by atoms with E-state index in [1.807, 2.05) is 54.4 Å². The van der Waals surface area contributed by atoms with E-state index >= 15 is 0 Å². The van der Waals surface area contributed by atoms with Gasteiger partial charge < -0.3 is 10.5 Å². The van der Waals surface area contributed by atoms with E-state index in [2.05, 4.69) is 0 Å². The number of benzene rings is 3. The van der Waals surface area contributed by atoms with Crippen molar-refractivity contribution in [3.05, 3.63) is 129 Å². The Morgan fingerprint density at radius 2 is 1.61 bits per heavy atom. The highest BCUT2D eigenvalue weighted by atomic mass is 19.1. The molecule has 5 rings (SSSR count). The van der Waals surface area contributed by atoms with E-state index in [4.69, 9.17) is 10.5 Å². The van der Waals surface area contributed by atoms with Crippen LogP contribution in [0.3, 0.4) is 0 Å². The zero-order valence-corrected chi connectivity index (χ0v) is 22.8. The Hall–Kier alpha value is -4.56. The van der Waals surface area contributed by atoms with E-state index in [-0.39, 0.29) is 34.6 Å². The summed E-state index contributed by atoms with van der Waals surface area (Å²) in [6.07, 6.45) is 3.92. The van der Waals surface area contributed by atoms with Crippen LogP contribution in [0, 0.1) is 5.82 Å². The lowest BCUT2D eigenvalue weighted by molar-refractivity contribution is -0.155. The number of rotatable bonds is 9. The van der Waals surface area contributed by atoms with Gasteiger partial charge in [-0.3, -0.25) is 19.1 Å². The standard InChI is InChI=1S/C33H32FN3O4/c1-36(30(23-7-3-2-4-8-23)33(40)41-27-9-5-6-10-27)21-22-11-17-26(18-12-22)37-29(38)20-19-28(32(37)35)31(39)24-13-15-25(34)16-14-24/h2-4,7-8,11-20,27,30H,5-6,9-10,21,35H2,1H3/t30-/m0/s1. The van der Waals surface area contributed by atoms with Crippen LogP contribution in [0.15, 0.2) is 95.8 Å². The van der Waals surface area contributed by atoms with Crippen LogP contribution >= 0.6 is 0 Å². The fraction of sp³-hybridized carbons (Fsp3) is 0.242. The molecule has 0 aliphatic heterocycles. The SMILES string of the molecule is CN(Cc1ccc(-n2c(N)c(C(=O)c3ccc(F)cc3)ccc2=O)cc1)[C@H](C(=O)OC1CCCC1)c1ccccc1. The van der Waals surface area contributed by atoms with Crippen LogP contribution < -0.4 is 11.3 Å². The molecule has 1 atom stereocenters. The topological polar surface area (TPSA) is 94.6 Å². The number of esters is 1. The lowest BCUT2D eigenvalue weighted by atomic mass is 10.0. The summed E-state index contributed by atoms with van der Waals surface area (Å²) >= 11 is 0. The zero-order chi connectivity index (χ0) is 28.9. The average Bonchev–Trinajstić information content (AvgIpc) is 3.48. The van der Waals surface area contributed by atoms with Crippen molar-refractivity contribution in [2.24, 2.45) is 0 Å². The Balaban J connectivity index is 1.37. The number of anilines is 1. The lowest BCUT2D eigenvalue weighted by Crippen LogP contribution is -2.33. The van der Waals surface area contributed by atoms with Crippen molar-refractivity contribution in [3.63, 3.8) is 0 Å². The van der Waals surface area contributed by atoms with Crippen molar-refractivity contribution in [1.82, 2.24) is 9.47 Å². The fourth-order valence-corrected chi connectivity index (χ4v) is 5.34. The van der Waals surface area contributed by atoms with E-state index in [0.29, 0.717) is 12.2 Å². The molecule has 7 nitrogen and oxygen atoms in total. The van der Waals surface area contributed by atoms with Gasteiger partial charge in [0.2, 0.25) is 0 Å². The number of carbonyl (C=O) groups excluding carboxylic acids is 2. The summed E-state index contributed by atoms with van der Waals surface area (Å²) in [6, 6.07) is 24.1. The molecule has 1 aliphatic rings. The Labute approximate surface area is 238 Å². The van der Waals surface area contributed by atoms with Gasteiger partial charge in [0.05, 0.1) is 11.3 Å². The molecule has 0 radical (unpaired) electrons. The minimum absolute atomic E-state index is 0.00417. The Bertz CT molecular complexity index is 1580. The van der Waals surface area contributed by atoms with Crippen molar-refractivity contribution in [2.45, 2.75) is 44.4 Å². The molecular weight excluding hydrogens is 521 g/mol. The molecule has 2 N–H and O–H groups in total. The van der Waals surface area contributed by atoms with Gasteiger partial charge in [-0.15, -0.1) is 0 Å². The van der Waals surface area contributed by atoms with Crippen molar-refractivity contribution >= 4 is 17.6 Å². The maximum absolute atomic E-state index is 13.3. The van der Waals surface area contributed by atoms with Crippen LogP contribution in [-0.4, -0.2) is 34.4 Å². The second-order valence-corrected chi connectivity index (χ2v) is 10.4. The van der Waals surface area contributed by atoms with Crippen LogP contribution in [0.2, 0.25) is 0 Å². The van der Waals surface area contributed by atoms with E-state index in [0.717, 1.165) is 36.8 Å². The summed E-state index contributed by atoms with van der Waals surface area (Å²) in [5, 5.41) is 0. The molecule has 0 spiro atoms. The highest BCUT2D eigenvalue weighted by Gasteiger charge is 2.30. The van der Waals surface area contributed by atoms with E-state index in [9.17, 15) is 18.8 Å². The first kappa shape index (κ1) is 28.0. The molecule has 1 fully saturated rings. The molecule has 0 unspecified atom stereocenters. The molecule has 0 bridgehead atoms. The number of pyridine rings is 1. The quantitative estimate of drug-likeness (QED) is 0.219. The first-order chi connectivity index (χ1) is 19.8. The third-order valence-electron chi connectivity index (χ3n) is 7.47. The van der Waals surface area contributed by atoms with E-state index in [1.54, 1.807) is 12.1 Å². The molecule has 41 heavy (non-hydrogen) atoms. The number of ketones is 1. The van der Waals surface area contributed by atoms with Gasteiger partial charge >= 0.3 is 5.97 Å². The number of hydrogen-bond donors (Lipinski definition) is 1. The molecule has 1 aromatic heterocycles. The first-order valence-electron chi connectivity index (χ1n) is 13.7.